The largest absolute Gasteiger partial charge is 0.351 e. The van der Waals surface area contributed by atoms with E-state index in [-0.39, 0.29) is 17.9 Å². The Hall–Kier alpha value is -1.75. The highest BCUT2D eigenvalue weighted by Crippen LogP contribution is 2.66. The molecule has 4 aliphatic rings. The van der Waals surface area contributed by atoms with E-state index >= 15 is 0 Å². The molecule has 1 N–H and O–H groups in total. The Bertz CT molecular complexity index is 1340. The van der Waals surface area contributed by atoms with E-state index in [9.17, 15) is 4.79 Å². The van der Waals surface area contributed by atoms with Crippen molar-refractivity contribution in [2.75, 3.05) is 11.6 Å². The van der Waals surface area contributed by atoms with Crippen LogP contribution in [0.5, 0.6) is 0 Å². The number of fused-ring (bicyclic) bond motifs is 3. The molecule has 5 unspecified atom stereocenters. The minimum atomic E-state index is -0.0258. The lowest BCUT2D eigenvalue weighted by molar-refractivity contribution is -0.115. The summed E-state index contributed by atoms with van der Waals surface area (Å²) in [5.74, 6) is 1.77. The molecule has 0 saturated heterocycles. The van der Waals surface area contributed by atoms with Crippen molar-refractivity contribution in [1.82, 2.24) is 5.32 Å². The van der Waals surface area contributed by atoms with Gasteiger partial charge in [-0.3, -0.25) is 9.80 Å². The van der Waals surface area contributed by atoms with Crippen molar-refractivity contribution in [2.45, 2.75) is 84.6 Å². The number of benzene rings is 2. The summed E-state index contributed by atoms with van der Waals surface area (Å²) in [5, 5.41) is 12.3. The second-order valence-corrected chi connectivity index (χ2v) is 15.2. The molecule has 7 heteroatoms. The number of carbonyl (C=O) groups excluding carboxylic acids is 1. The quantitative estimate of drug-likeness (QED) is 0.338. The van der Waals surface area contributed by atoms with Crippen LogP contribution in [0.4, 0.5) is 5.69 Å². The number of halogens is 3. The second kappa shape index (κ2) is 11.4. The molecule has 2 bridgehead atoms. The maximum Gasteiger partial charge on any atom is 0.267 e. The summed E-state index contributed by atoms with van der Waals surface area (Å²) in [4.78, 5) is 13.9. The molecule has 6 atom stereocenters. The van der Waals surface area contributed by atoms with Crippen molar-refractivity contribution >= 4 is 52.1 Å². The lowest BCUT2D eigenvalue weighted by atomic mass is 9.63. The van der Waals surface area contributed by atoms with Crippen LogP contribution in [0.3, 0.4) is 0 Å². The Labute approximate surface area is 260 Å². The first-order valence-electron chi connectivity index (χ1n) is 15.4. The lowest BCUT2D eigenvalue weighted by Gasteiger charge is -2.43. The third kappa shape index (κ3) is 5.54. The molecule has 1 heterocycles. The minimum absolute atomic E-state index is 0.0258. The highest BCUT2D eigenvalue weighted by atomic mass is 35.5. The van der Waals surface area contributed by atoms with Crippen molar-refractivity contribution in [3.05, 3.63) is 63.1 Å². The van der Waals surface area contributed by atoms with Crippen LogP contribution in [0.2, 0.25) is 15.1 Å². The van der Waals surface area contributed by atoms with E-state index in [1.54, 1.807) is 6.07 Å². The fourth-order valence-electron chi connectivity index (χ4n) is 9.20. The van der Waals surface area contributed by atoms with Crippen LogP contribution in [0.1, 0.15) is 77.7 Å². The fraction of sp³-hybridized carbons (Fsp3) is 0.588. The Morgan fingerprint density at radius 1 is 1.02 bits per heavy atom. The number of amides is 1. The van der Waals surface area contributed by atoms with Gasteiger partial charge in [-0.2, -0.15) is 5.10 Å². The van der Waals surface area contributed by atoms with Crippen molar-refractivity contribution in [3.8, 4) is 0 Å². The number of nitrogens with zero attached hydrogens (tertiary/aromatic N) is 2. The van der Waals surface area contributed by atoms with Crippen molar-refractivity contribution in [3.63, 3.8) is 0 Å². The SMILES string of the molecule is CC12CCC(C1)C(C)(C)[C@H]2CCNC(=O)C1=NN(c2ccc(Cl)cc2Cl)C2C(Cc3cccc(Cl)c3)CCCCC12. The average molecular weight is 615 g/mol. The van der Waals surface area contributed by atoms with Crippen LogP contribution in [0, 0.1) is 34.5 Å². The van der Waals surface area contributed by atoms with Gasteiger partial charge in [0.15, 0.2) is 0 Å². The number of carbonyl (C=O) groups is 1. The Kier molecular flexibility index (Phi) is 8.15. The van der Waals surface area contributed by atoms with Crippen LogP contribution in [0.15, 0.2) is 47.6 Å². The number of rotatable bonds is 7. The number of hydrogen-bond donors (Lipinski definition) is 1. The molecule has 1 aliphatic heterocycles. The minimum Gasteiger partial charge on any atom is -0.351 e. The smallest absolute Gasteiger partial charge is 0.267 e. The predicted octanol–water partition coefficient (Wildman–Crippen LogP) is 9.21. The Balaban J connectivity index is 1.25. The molecule has 3 saturated carbocycles. The first-order valence-corrected chi connectivity index (χ1v) is 16.6. The second-order valence-electron chi connectivity index (χ2n) is 13.9. The highest BCUT2D eigenvalue weighted by Gasteiger charge is 2.58. The summed E-state index contributed by atoms with van der Waals surface area (Å²) in [5.41, 5.74) is 3.42. The number of hydrazone groups is 1. The van der Waals surface area contributed by atoms with Gasteiger partial charge >= 0.3 is 0 Å². The molecule has 4 nitrogen and oxygen atoms in total. The van der Waals surface area contributed by atoms with E-state index in [0.717, 1.165) is 55.2 Å². The third-order valence-electron chi connectivity index (χ3n) is 11.1. The van der Waals surface area contributed by atoms with Crippen molar-refractivity contribution < 1.29 is 4.79 Å². The molecule has 0 aromatic heterocycles. The van der Waals surface area contributed by atoms with Gasteiger partial charge < -0.3 is 5.32 Å². The molecule has 0 spiro atoms. The topological polar surface area (TPSA) is 44.7 Å². The van der Waals surface area contributed by atoms with E-state index in [1.165, 1.54) is 24.8 Å². The molecule has 2 aromatic carbocycles. The Morgan fingerprint density at radius 2 is 1.80 bits per heavy atom. The first-order chi connectivity index (χ1) is 19.6. The molecule has 3 aliphatic carbocycles. The van der Waals surface area contributed by atoms with Gasteiger partial charge in [0.1, 0.15) is 5.71 Å². The maximum absolute atomic E-state index is 13.9. The fourth-order valence-corrected chi connectivity index (χ4v) is 9.91. The maximum atomic E-state index is 13.9. The highest BCUT2D eigenvalue weighted by molar-refractivity contribution is 6.41. The normalized spacial score (nSPS) is 32.0. The number of nitrogens with one attached hydrogen (secondary N) is 1. The number of hydrogen-bond acceptors (Lipinski definition) is 3. The van der Waals surface area contributed by atoms with Gasteiger partial charge in [0.25, 0.3) is 5.91 Å². The Morgan fingerprint density at radius 3 is 2.54 bits per heavy atom. The zero-order chi connectivity index (χ0) is 28.9. The van der Waals surface area contributed by atoms with Gasteiger partial charge in [-0.25, -0.2) is 0 Å². The predicted molar refractivity (Wildman–Crippen MR) is 171 cm³/mol. The van der Waals surface area contributed by atoms with Gasteiger partial charge in [0, 0.05) is 22.5 Å². The van der Waals surface area contributed by atoms with Crippen molar-refractivity contribution in [1.29, 1.82) is 0 Å². The van der Waals surface area contributed by atoms with E-state index in [4.69, 9.17) is 39.9 Å². The van der Waals surface area contributed by atoms with Crippen LogP contribution in [-0.4, -0.2) is 24.2 Å². The summed E-state index contributed by atoms with van der Waals surface area (Å²) in [6.45, 7) is 8.05. The zero-order valence-corrected chi connectivity index (χ0v) is 26.7. The van der Waals surface area contributed by atoms with E-state index in [0.29, 0.717) is 45.0 Å². The molecule has 6 rings (SSSR count). The molecular formula is C34H42Cl3N3O. The van der Waals surface area contributed by atoms with Crippen LogP contribution < -0.4 is 10.3 Å². The summed E-state index contributed by atoms with van der Waals surface area (Å²) in [7, 11) is 0. The summed E-state index contributed by atoms with van der Waals surface area (Å²) in [6.07, 6.45) is 10.1. The lowest BCUT2D eigenvalue weighted by Crippen LogP contribution is -2.43. The summed E-state index contributed by atoms with van der Waals surface area (Å²) >= 11 is 19.4. The molecular weight excluding hydrogens is 573 g/mol. The monoisotopic (exact) mass is 613 g/mol. The summed E-state index contributed by atoms with van der Waals surface area (Å²) in [6, 6.07) is 13.7. The first kappa shape index (κ1) is 29.3. The molecule has 0 radical (unpaired) electrons. The zero-order valence-electron chi connectivity index (χ0n) is 24.4. The van der Waals surface area contributed by atoms with Gasteiger partial charge in [-0.15, -0.1) is 0 Å². The van der Waals surface area contributed by atoms with Crippen LogP contribution >= 0.6 is 34.8 Å². The summed E-state index contributed by atoms with van der Waals surface area (Å²) < 4.78 is 0. The molecule has 2 aromatic rings. The molecule has 3 fully saturated rings. The van der Waals surface area contributed by atoms with Gasteiger partial charge in [0.2, 0.25) is 0 Å². The van der Waals surface area contributed by atoms with Crippen LogP contribution in [-0.2, 0) is 11.2 Å². The number of anilines is 1. The van der Waals surface area contributed by atoms with E-state index < -0.39 is 0 Å². The van der Waals surface area contributed by atoms with Crippen molar-refractivity contribution in [2.24, 2.45) is 39.6 Å². The molecule has 1 amide bonds. The van der Waals surface area contributed by atoms with E-state index in [2.05, 4.69) is 38.2 Å². The molecule has 41 heavy (non-hydrogen) atoms. The van der Waals surface area contributed by atoms with Gasteiger partial charge in [0.05, 0.1) is 16.8 Å². The van der Waals surface area contributed by atoms with Gasteiger partial charge in [-0.1, -0.05) is 80.5 Å². The van der Waals surface area contributed by atoms with E-state index in [1.807, 2.05) is 29.3 Å². The standard InChI is InChI=1S/C34H42Cl3N3O/c1-33(2)23-13-15-34(3,20-23)29(33)14-16-38-32(41)30-26-10-5-4-8-22(17-21-7-6-9-24(35)18-21)31(26)40(39-30)28-12-11-25(36)19-27(28)37/h6-7,9,11-12,18-19,22-23,26,29,31H,4-5,8,10,13-17,20H2,1-3H3,(H,38,41)/t22?,23?,26?,29-,31?,34?/m1/s1. The average Bonchev–Trinajstić information content (AvgIpc) is 3.49. The third-order valence-corrected chi connectivity index (χ3v) is 11.9. The van der Waals surface area contributed by atoms with Crippen LogP contribution in [0.25, 0.3) is 0 Å². The molecule has 220 valence electrons. The van der Waals surface area contributed by atoms with Gasteiger partial charge in [-0.05, 0) is 109 Å².